The number of aryl methyl sites for hydroxylation is 3. The van der Waals surface area contributed by atoms with Crippen molar-refractivity contribution >= 4 is 23.2 Å². The molecule has 0 saturated carbocycles. The van der Waals surface area contributed by atoms with Gasteiger partial charge in [-0.05, 0) is 85.5 Å². The van der Waals surface area contributed by atoms with Gasteiger partial charge < -0.3 is 5.32 Å². The molecule has 3 aromatic carbocycles. The van der Waals surface area contributed by atoms with Gasteiger partial charge in [-0.3, -0.25) is 4.79 Å². The normalized spacial score (nSPS) is 10.8. The first-order valence-electron chi connectivity index (χ1n) is 10.2. The molecule has 0 aliphatic heterocycles. The van der Waals surface area contributed by atoms with Gasteiger partial charge in [0.25, 0.3) is 5.91 Å². The number of carbonyl (C=O) groups excluding carboxylic acids is 1. The van der Waals surface area contributed by atoms with Crippen molar-refractivity contribution < 1.29 is 4.79 Å². The van der Waals surface area contributed by atoms with Gasteiger partial charge in [-0.25, -0.2) is 9.67 Å². The fourth-order valence-corrected chi connectivity index (χ4v) is 3.37. The van der Waals surface area contributed by atoms with Gasteiger partial charge in [-0.2, -0.15) is 0 Å². The molecule has 31 heavy (non-hydrogen) atoms. The first-order valence-corrected chi connectivity index (χ1v) is 10.5. The number of carbonyl (C=O) groups is 1. The summed E-state index contributed by atoms with van der Waals surface area (Å²) >= 11 is 6.05. The molecule has 4 rings (SSSR count). The summed E-state index contributed by atoms with van der Waals surface area (Å²) in [6.45, 7) is 6.20. The summed E-state index contributed by atoms with van der Waals surface area (Å²) in [4.78, 5) is 17.5. The van der Waals surface area contributed by atoms with Crippen LogP contribution in [0.3, 0.4) is 0 Å². The van der Waals surface area contributed by atoms with Crippen LogP contribution in [0.4, 0.5) is 5.69 Å². The summed E-state index contributed by atoms with van der Waals surface area (Å²) in [5.41, 5.74) is 5.90. The number of benzene rings is 3. The third-order valence-electron chi connectivity index (χ3n) is 5.27. The molecular formula is C25H23ClN4O. The fraction of sp³-hybridized carbons (Fsp3) is 0.160. The van der Waals surface area contributed by atoms with E-state index in [9.17, 15) is 4.79 Å². The lowest BCUT2D eigenvalue weighted by Crippen LogP contribution is -2.14. The highest BCUT2D eigenvalue weighted by Gasteiger charge is 2.19. The lowest BCUT2D eigenvalue weighted by molar-refractivity contribution is 0.101. The van der Waals surface area contributed by atoms with Gasteiger partial charge in [0.05, 0.1) is 5.69 Å². The van der Waals surface area contributed by atoms with Crippen LogP contribution < -0.4 is 5.32 Å². The van der Waals surface area contributed by atoms with E-state index in [4.69, 9.17) is 11.6 Å². The average Bonchev–Trinajstić information content (AvgIpc) is 3.22. The highest BCUT2D eigenvalue weighted by Crippen LogP contribution is 2.24. The van der Waals surface area contributed by atoms with E-state index in [-0.39, 0.29) is 11.7 Å². The number of anilines is 1. The van der Waals surface area contributed by atoms with E-state index in [0.717, 1.165) is 23.2 Å². The zero-order valence-corrected chi connectivity index (χ0v) is 18.4. The molecule has 0 saturated heterocycles. The smallest absolute Gasteiger partial charge is 0.295 e. The van der Waals surface area contributed by atoms with Crippen LogP contribution in [0.15, 0.2) is 66.7 Å². The Morgan fingerprint density at radius 1 is 0.968 bits per heavy atom. The Balaban J connectivity index is 1.73. The van der Waals surface area contributed by atoms with Crippen LogP contribution in [0.25, 0.3) is 17.1 Å². The van der Waals surface area contributed by atoms with Gasteiger partial charge in [0, 0.05) is 16.3 Å². The first kappa shape index (κ1) is 20.8. The Bertz CT molecular complexity index is 1230. The number of hydrogen-bond acceptors (Lipinski definition) is 3. The predicted molar refractivity (Wildman–Crippen MR) is 125 cm³/mol. The van der Waals surface area contributed by atoms with Crippen molar-refractivity contribution in [1.82, 2.24) is 14.8 Å². The van der Waals surface area contributed by atoms with Gasteiger partial charge in [0.15, 0.2) is 5.82 Å². The number of nitrogens with one attached hydrogen (secondary N) is 1. The van der Waals surface area contributed by atoms with E-state index >= 15 is 0 Å². The molecule has 0 spiro atoms. The third kappa shape index (κ3) is 4.52. The molecule has 1 amide bonds. The molecule has 6 heteroatoms. The summed E-state index contributed by atoms with van der Waals surface area (Å²) in [5, 5.41) is 8.06. The maximum atomic E-state index is 12.9. The maximum Gasteiger partial charge on any atom is 0.295 e. The summed E-state index contributed by atoms with van der Waals surface area (Å²) in [6.07, 6.45) is 0.945. The number of amides is 1. The summed E-state index contributed by atoms with van der Waals surface area (Å²) in [6, 6.07) is 21.1. The molecule has 1 heterocycles. The minimum absolute atomic E-state index is 0.0998. The lowest BCUT2D eigenvalue weighted by Gasteiger charge is -2.08. The third-order valence-corrected chi connectivity index (χ3v) is 5.52. The highest BCUT2D eigenvalue weighted by molar-refractivity contribution is 6.30. The topological polar surface area (TPSA) is 59.8 Å². The number of halogens is 1. The summed E-state index contributed by atoms with van der Waals surface area (Å²) < 4.78 is 1.70. The molecule has 5 nitrogen and oxygen atoms in total. The Hall–Kier alpha value is -3.44. The van der Waals surface area contributed by atoms with E-state index in [0.29, 0.717) is 16.5 Å². The Labute approximate surface area is 186 Å². The molecule has 0 fully saturated rings. The van der Waals surface area contributed by atoms with Crippen LogP contribution in [0.1, 0.15) is 34.2 Å². The minimum Gasteiger partial charge on any atom is -0.319 e. The SMILES string of the molecule is CCc1ccc(NC(=O)c2nc(-c3ccc(Cl)cc3)n(-c3ccc(C)c(C)c3)n2)cc1. The largest absolute Gasteiger partial charge is 0.319 e. The predicted octanol–water partition coefficient (Wildman–Crippen LogP) is 6.02. The molecule has 0 aliphatic carbocycles. The Morgan fingerprint density at radius 3 is 2.32 bits per heavy atom. The van der Waals surface area contributed by atoms with Crippen molar-refractivity contribution in [3.8, 4) is 17.1 Å². The zero-order valence-electron chi connectivity index (χ0n) is 17.7. The number of nitrogens with zero attached hydrogens (tertiary/aromatic N) is 3. The molecule has 156 valence electrons. The van der Waals surface area contributed by atoms with Crippen molar-refractivity contribution in [2.75, 3.05) is 5.32 Å². The second-order valence-electron chi connectivity index (χ2n) is 7.45. The van der Waals surface area contributed by atoms with Gasteiger partial charge in [-0.15, -0.1) is 5.10 Å². The van der Waals surface area contributed by atoms with Gasteiger partial charge in [0.1, 0.15) is 0 Å². The number of rotatable bonds is 5. The van der Waals surface area contributed by atoms with Crippen LogP contribution in [-0.4, -0.2) is 20.7 Å². The molecule has 0 radical (unpaired) electrons. The van der Waals surface area contributed by atoms with E-state index < -0.39 is 0 Å². The average molecular weight is 431 g/mol. The molecule has 1 N–H and O–H groups in total. The number of aromatic nitrogens is 3. The zero-order chi connectivity index (χ0) is 22.0. The van der Waals surface area contributed by atoms with E-state index in [1.165, 1.54) is 11.1 Å². The molecule has 4 aromatic rings. The standard InChI is InChI=1S/C25H23ClN4O/c1-4-18-6-12-21(13-7-18)27-25(31)23-28-24(19-8-10-20(26)11-9-19)30(29-23)22-14-5-16(2)17(3)15-22/h5-15H,4H2,1-3H3,(H,27,31). The Morgan fingerprint density at radius 2 is 1.68 bits per heavy atom. The Kier molecular flexibility index (Phi) is 5.87. The van der Waals surface area contributed by atoms with Crippen molar-refractivity contribution in [2.24, 2.45) is 0 Å². The second-order valence-corrected chi connectivity index (χ2v) is 7.89. The van der Waals surface area contributed by atoms with Crippen molar-refractivity contribution in [2.45, 2.75) is 27.2 Å². The van der Waals surface area contributed by atoms with Crippen LogP contribution in [-0.2, 0) is 6.42 Å². The van der Waals surface area contributed by atoms with Gasteiger partial charge >= 0.3 is 0 Å². The fourth-order valence-electron chi connectivity index (χ4n) is 3.24. The first-order chi connectivity index (χ1) is 14.9. The monoisotopic (exact) mass is 430 g/mol. The minimum atomic E-state index is -0.359. The highest BCUT2D eigenvalue weighted by atomic mass is 35.5. The molecule has 0 atom stereocenters. The van der Waals surface area contributed by atoms with Crippen LogP contribution >= 0.6 is 11.6 Å². The summed E-state index contributed by atoms with van der Waals surface area (Å²) in [7, 11) is 0. The van der Waals surface area contributed by atoms with Crippen molar-refractivity contribution in [3.63, 3.8) is 0 Å². The second kappa shape index (κ2) is 8.74. The molecule has 0 unspecified atom stereocenters. The van der Waals surface area contributed by atoms with Crippen LogP contribution in [0.5, 0.6) is 0 Å². The molecular weight excluding hydrogens is 408 g/mol. The van der Waals surface area contributed by atoms with Crippen LogP contribution in [0.2, 0.25) is 5.02 Å². The lowest BCUT2D eigenvalue weighted by atomic mass is 10.1. The van der Waals surface area contributed by atoms with E-state index in [2.05, 4.69) is 29.2 Å². The van der Waals surface area contributed by atoms with E-state index in [1.54, 1.807) is 16.8 Å². The van der Waals surface area contributed by atoms with Crippen molar-refractivity contribution in [1.29, 1.82) is 0 Å². The van der Waals surface area contributed by atoms with Gasteiger partial charge in [0.2, 0.25) is 5.82 Å². The van der Waals surface area contributed by atoms with Gasteiger partial charge in [-0.1, -0.05) is 36.7 Å². The van der Waals surface area contributed by atoms with Crippen LogP contribution in [0, 0.1) is 13.8 Å². The maximum absolute atomic E-state index is 12.9. The molecule has 0 aliphatic rings. The van der Waals surface area contributed by atoms with Crippen molar-refractivity contribution in [3.05, 3.63) is 94.3 Å². The molecule has 0 bridgehead atoms. The number of hydrogen-bond donors (Lipinski definition) is 1. The molecule has 1 aromatic heterocycles. The van der Waals surface area contributed by atoms with E-state index in [1.807, 2.05) is 61.5 Å². The summed E-state index contributed by atoms with van der Waals surface area (Å²) in [5.74, 6) is 0.316. The quantitative estimate of drug-likeness (QED) is 0.421.